The number of hydrogen-bond donors (Lipinski definition) is 3. The van der Waals surface area contributed by atoms with E-state index in [2.05, 4.69) is 51.3 Å². The quantitative estimate of drug-likeness (QED) is 0.579. The Balaban J connectivity index is 2.40. The Morgan fingerprint density at radius 3 is 2.54 bits per heavy atom. The van der Waals surface area contributed by atoms with Gasteiger partial charge in [-0.3, -0.25) is 10.0 Å². The third-order valence-corrected chi connectivity index (χ3v) is 4.20. The Morgan fingerprint density at radius 2 is 1.96 bits per heavy atom. The molecule has 0 aliphatic heterocycles. The van der Waals surface area contributed by atoms with E-state index in [0.717, 1.165) is 23.4 Å². The first-order valence-corrected chi connectivity index (χ1v) is 8.28. The first kappa shape index (κ1) is 18.4. The van der Waals surface area contributed by atoms with Crippen LogP contribution in [-0.4, -0.2) is 26.7 Å². The molecule has 0 fully saturated rings. The maximum atomic E-state index is 11.4. The molecule has 132 valence electrons. The Kier molecular flexibility index (Phi) is 5.30. The van der Waals surface area contributed by atoms with Gasteiger partial charge in [-0.25, -0.2) is 10.5 Å². The minimum Gasteiger partial charge on any atom is -0.327 e. The van der Waals surface area contributed by atoms with Gasteiger partial charge in [0.05, 0.1) is 17.1 Å². The van der Waals surface area contributed by atoms with Gasteiger partial charge in [0.1, 0.15) is 5.82 Å². The molecule has 6 nitrogen and oxygen atoms in total. The normalized spacial score (nSPS) is 13.3. The van der Waals surface area contributed by atoms with Gasteiger partial charge in [0.15, 0.2) is 0 Å². The summed E-state index contributed by atoms with van der Waals surface area (Å²) >= 11 is 0. The van der Waals surface area contributed by atoms with Crippen molar-refractivity contribution in [2.45, 2.75) is 60.0 Å². The Labute approximate surface area is 143 Å². The zero-order valence-electron chi connectivity index (χ0n) is 15.2. The fourth-order valence-corrected chi connectivity index (χ4v) is 2.77. The number of fused-ring (bicyclic) bond motifs is 1. The number of carbonyl (C=O) groups is 1. The molecule has 0 aliphatic carbocycles. The summed E-state index contributed by atoms with van der Waals surface area (Å²) < 4.78 is 2.23. The molecule has 0 radical (unpaired) electrons. The van der Waals surface area contributed by atoms with E-state index in [1.54, 1.807) is 5.48 Å². The van der Waals surface area contributed by atoms with Gasteiger partial charge in [-0.15, -0.1) is 0 Å². The molecule has 1 unspecified atom stereocenters. The molecule has 2 rings (SSSR count). The van der Waals surface area contributed by atoms with E-state index in [1.807, 2.05) is 0 Å². The number of hydrogen-bond acceptors (Lipinski definition) is 4. The lowest BCUT2D eigenvalue weighted by atomic mass is 9.96. The number of benzene rings is 1. The minimum atomic E-state index is -0.749. The van der Waals surface area contributed by atoms with Crippen molar-refractivity contribution in [2.75, 3.05) is 0 Å². The molecule has 1 heterocycles. The van der Waals surface area contributed by atoms with Crippen LogP contribution >= 0.6 is 0 Å². The van der Waals surface area contributed by atoms with E-state index in [0.29, 0.717) is 12.8 Å². The summed E-state index contributed by atoms with van der Waals surface area (Å²) in [5.41, 5.74) is 12.0. The van der Waals surface area contributed by atoms with Gasteiger partial charge in [0.25, 0.3) is 5.91 Å². The first-order valence-electron chi connectivity index (χ1n) is 8.28. The van der Waals surface area contributed by atoms with E-state index in [9.17, 15) is 4.79 Å². The van der Waals surface area contributed by atoms with Crippen LogP contribution in [0.5, 0.6) is 0 Å². The largest absolute Gasteiger partial charge is 0.327 e. The van der Waals surface area contributed by atoms with Crippen molar-refractivity contribution >= 4 is 16.9 Å². The van der Waals surface area contributed by atoms with Gasteiger partial charge >= 0.3 is 0 Å². The van der Waals surface area contributed by atoms with Crippen molar-refractivity contribution in [2.24, 2.45) is 11.1 Å². The molecule has 1 amide bonds. The SMILES string of the molecule is Cc1cc2nc(CCC(N)C(=O)NO)n(CC(C)(C)C)c2cc1C. The number of nitrogens with zero attached hydrogens (tertiary/aromatic N) is 2. The third-order valence-electron chi connectivity index (χ3n) is 4.20. The van der Waals surface area contributed by atoms with Crippen molar-refractivity contribution in [1.29, 1.82) is 0 Å². The Hall–Kier alpha value is -1.92. The van der Waals surface area contributed by atoms with Crippen LogP contribution in [0.3, 0.4) is 0 Å². The summed E-state index contributed by atoms with van der Waals surface area (Å²) in [6.45, 7) is 11.6. The second-order valence-corrected chi connectivity index (χ2v) is 7.72. The number of imidazole rings is 1. The first-order chi connectivity index (χ1) is 11.1. The number of rotatable bonds is 5. The number of hydroxylamine groups is 1. The molecule has 6 heteroatoms. The molecule has 24 heavy (non-hydrogen) atoms. The second kappa shape index (κ2) is 6.91. The summed E-state index contributed by atoms with van der Waals surface area (Å²) in [6, 6.07) is 3.53. The number of nitrogens with two attached hydrogens (primary N) is 1. The number of amides is 1. The standard InChI is InChI=1S/C18H28N4O2/c1-11-8-14-15(9-12(11)2)22(10-18(3,4)5)16(20-14)7-6-13(19)17(23)21-24/h8-9,13,24H,6-7,10,19H2,1-5H3,(H,21,23). The van der Waals surface area contributed by atoms with Crippen molar-refractivity contribution < 1.29 is 10.0 Å². The van der Waals surface area contributed by atoms with Crippen molar-refractivity contribution in [3.8, 4) is 0 Å². The molecular formula is C18H28N4O2. The van der Waals surface area contributed by atoms with Crippen LogP contribution in [0.15, 0.2) is 12.1 Å². The zero-order chi connectivity index (χ0) is 18.1. The van der Waals surface area contributed by atoms with Gasteiger partial charge in [0, 0.05) is 13.0 Å². The van der Waals surface area contributed by atoms with Crippen LogP contribution in [0.2, 0.25) is 0 Å². The van der Waals surface area contributed by atoms with Gasteiger partial charge in [-0.2, -0.15) is 0 Å². The van der Waals surface area contributed by atoms with E-state index >= 15 is 0 Å². The lowest BCUT2D eigenvalue weighted by Gasteiger charge is -2.21. The number of carbonyl (C=O) groups excluding carboxylic acids is 1. The summed E-state index contributed by atoms with van der Waals surface area (Å²) in [6.07, 6.45) is 1.01. The molecule has 0 spiro atoms. The fourth-order valence-electron chi connectivity index (χ4n) is 2.77. The van der Waals surface area contributed by atoms with Gasteiger partial charge in [-0.1, -0.05) is 20.8 Å². The fraction of sp³-hybridized carbons (Fsp3) is 0.556. The summed E-state index contributed by atoms with van der Waals surface area (Å²) in [7, 11) is 0. The van der Waals surface area contributed by atoms with E-state index in [1.165, 1.54) is 11.1 Å². The Morgan fingerprint density at radius 1 is 1.33 bits per heavy atom. The average Bonchev–Trinajstić information content (AvgIpc) is 2.80. The zero-order valence-corrected chi connectivity index (χ0v) is 15.2. The molecule has 2 aromatic rings. The number of aromatic nitrogens is 2. The summed E-state index contributed by atoms with van der Waals surface area (Å²) in [5, 5.41) is 8.68. The monoisotopic (exact) mass is 332 g/mol. The highest BCUT2D eigenvalue weighted by Crippen LogP contribution is 2.26. The van der Waals surface area contributed by atoms with Gasteiger partial charge < -0.3 is 10.3 Å². The number of aryl methyl sites for hydroxylation is 3. The highest BCUT2D eigenvalue weighted by molar-refractivity contribution is 5.80. The number of nitrogens with one attached hydrogen (secondary N) is 1. The van der Waals surface area contributed by atoms with Gasteiger partial charge in [0.2, 0.25) is 0 Å². The lowest BCUT2D eigenvalue weighted by Crippen LogP contribution is -2.39. The molecular weight excluding hydrogens is 304 g/mol. The summed E-state index contributed by atoms with van der Waals surface area (Å²) in [5.74, 6) is 0.353. The van der Waals surface area contributed by atoms with Crippen LogP contribution in [0.25, 0.3) is 11.0 Å². The van der Waals surface area contributed by atoms with Gasteiger partial charge in [-0.05, 0) is 48.9 Å². The van der Waals surface area contributed by atoms with E-state index < -0.39 is 11.9 Å². The molecule has 1 aromatic heterocycles. The van der Waals surface area contributed by atoms with Crippen molar-refractivity contribution in [1.82, 2.24) is 15.0 Å². The predicted molar refractivity (Wildman–Crippen MR) is 94.9 cm³/mol. The molecule has 0 saturated heterocycles. The predicted octanol–water partition coefficient (Wildman–Crippen LogP) is 2.46. The van der Waals surface area contributed by atoms with Crippen LogP contribution in [0.4, 0.5) is 0 Å². The molecule has 0 saturated carbocycles. The summed E-state index contributed by atoms with van der Waals surface area (Å²) in [4.78, 5) is 16.2. The lowest BCUT2D eigenvalue weighted by molar-refractivity contribution is -0.130. The van der Waals surface area contributed by atoms with Crippen LogP contribution in [0.1, 0.15) is 44.1 Å². The minimum absolute atomic E-state index is 0.103. The average molecular weight is 332 g/mol. The highest BCUT2D eigenvalue weighted by Gasteiger charge is 2.20. The highest BCUT2D eigenvalue weighted by atomic mass is 16.5. The molecule has 1 atom stereocenters. The van der Waals surface area contributed by atoms with Crippen LogP contribution in [0, 0.1) is 19.3 Å². The molecule has 0 bridgehead atoms. The topological polar surface area (TPSA) is 93.2 Å². The molecule has 4 N–H and O–H groups in total. The smallest absolute Gasteiger partial charge is 0.260 e. The van der Waals surface area contributed by atoms with E-state index in [4.69, 9.17) is 15.9 Å². The third kappa shape index (κ3) is 4.13. The maximum absolute atomic E-state index is 11.4. The second-order valence-electron chi connectivity index (χ2n) is 7.72. The maximum Gasteiger partial charge on any atom is 0.260 e. The van der Waals surface area contributed by atoms with Crippen LogP contribution in [-0.2, 0) is 17.8 Å². The van der Waals surface area contributed by atoms with Crippen molar-refractivity contribution in [3.05, 3.63) is 29.1 Å². The molecule has 0 aliphatic rings. The van der Waals surface area contributed by atoms with Crippen molar-refractivity contribution in [3.63, 3.8) is 0 Å². The van der Waals surface area contributed by atoms with Crippen LogP contribution < -0.4 is 11.2 Å². The Bertz CT molecular complexity index is 744. The molecule has 1 aromatic carbocycles. The van der Waals surface area contributed by atoms with E-state index in [-0.39, 0.29) is 5.41 Å².